The van der Waals surface area contributed by atoms with Crippen molar-refractivity contribution in [3.05, 3.63) is 24.3 Å². The second-order valence-corrected chi connectivity index (χ2v) is 17.4. The van der Waals surface area contributed by atoms with E-state index in [9.17, 15) is 14.4 Å². The third-order valence-corrected chi connectivity index (χ3v) is 11.5. The van der Waals surface area contributed by atoms with Gasteiger partial charge < -0.3 is 14.2 Å². The highest BCUT2D eigenvalue weighted by Gasteiger charge is 2.19. The second-order valence-electron chi connectivity index (χ2n) is 17.4. The van der Waals surface area contributed by atoms with Crippen LogP contribution in [0.4, 0.5) is 0 Å². The Morgan fingerprint density at radius 2 is 0.644 bits per heavy atom. The van der Waals surface area contributed by atoms with Crippen LogP contribution in [0.5, 0.6) is 0 Å². The average Bonchev–Trinajstić information content (AvgIpc) is 3.23. The smallest absolute Gasteiger partial charge is 0.306 e. The fourth-order valence-corrected chi connectivity index (χ4v) is 7.56. The Balaban J connectivity index is 4.39. The van der Waals surface area contributed by atoms with E-state index in [-0.39, 0.29) is 37.5 Å². The van der Waals surface area contributed by atoms with Gasteiger partial charge in [0.25, 0.3) is 0 Å². The maximum absolute atomic E-state index is 12.7. The molecule has 59 heavy (non-hydrogen) atoms. The standard InChI is InChI=1S/C53H98O6/c1-4-7-10-13-16-19-22-25-26-29-31-34-37-40-43-46-52(55)58-49-50(59-53(56)47-44-41-38-35-32-28-24-21-18-15-12-9-6-3)48-57-51(54)45-42-39-36-33-30-27-23-20-17-14-11-8-5-2/h28,32,38,41,50H,4-27,29-31,33-37,39-40,42-49H2,1-3H3/b32-28-,41-38-. The SMILES string of the molecule is CCCCCCCC/C=C\C/C=C\CCC(=O)OC(COC(=O)CCCCCCCCCCCCCCC)COC(=O)CCCCCCCCCCCCCCCCC. The zero-order valence-electron chi connectivity index (χ0n) is 39.5. The molecule has 0 aliphatic rings. The number of carbonyl (C=O) groups is 3. The van der Waals surface area contributed by atoms with E-state index in [2.05, 4.69) is 39.0 Å². The first kappa shape index (κ1) is 56.9. The number of rotatable bonds is 47. The van der Waals surface area contributed by atoms with Crippen molar-refractivity contribution >= 4 is 17.9 Å². The number of allylic oxidation sites excluding steroid dienone is 4. The monoisotopic (exact) mass is 831 g/mol. The molecule has 0 aromatic heterocycles. The van der Waals surface area contributed by atoms with Crippen LogP contribution < -0.4 is 0 Å². The summed E-state index contributed by atoms with van der Waals surface area (Å²) in [5, 5.41) is 0. The van der Waals surface area contributed by atoms with Gasteiger partial charge in [0.1, 0.15) is 13.2 Å². The summed E-state index contributed by atoms with van der Waals surface area (Å²) in [5.41, 5.74) is 0. The number of esters is 3. The van der Waals surface area contributed by atoms with Gasteiger partial charge in [-0.05, 0) is 38.5 Å². The van der Waals surface area contributed by atoms with Gasteiger partial charge in [-0.2, -0.15) is 0 Å². The summed E-state index contributed by atoms with van der Waals surface area (Å²) in [4.78, 5) is 37.9. The molecule has 1 atom stereocenters. The fourth-order valence-electron chi connectivity index (χ4n) is 7.56. The lowest BCUT2D eigenvalue weighted by Gasteiger charge is -2.18. The number of ether oxygens (including phenoxy) is 3. The minimum Gasteiger partial charge on any atom is -0.462 e. The van der Waals surface area contributed by atoms with Crippen molar-refractivity contribution in [3.63, 3.8) is 0 Å². The Hall–Kier alpha value is -2.11. The van der Waals surface area contributed by atoms with Gasteiger partial charge in [-0.25, -0.2) is 0 Å². The highest BCUT2D eigenvalue weighted by molar-refractivity contribution is 5.71. The number of unbranched alkanes of at least 4 members (excludes halogenated alkanes) is 32. The molecule has 346 valence electrons. The molecule has 0 saturated heterocycles. The van der Waals surface area contributed by atoms with Crippen molar-refractivity contribution in [3.8, 4) is 0 Å². The van der Waals surface area contributed by atoms with Gasteiger partial charge in [0.2, 0.25) is 0 Å². The van der Waals surface area contributed by atoms with Crippen LogP contribution in [-0.2, 0) is 28.6 Å². The van der Waals surface area contributed by atoms with Crippen molar-refractivity contribution in [1.29, 1.82) is 0 Å². The Morgan fingerprint density at radius 1 is 0.339 bits per heavy atom. The molecule has 0 aromatic rings. The van der Waals surface area contributed by atoms with Crippen LogP contribution >= 0.6 is 0 Å². The lowest BCUT2D eigenvalue weighted by atomic mass is 10.0. The average molecular weight is 831 g/mol. The first-order valence-electron chi connectivity index (χ1n) is 25.8. The van der Waals surface area contributed by atoms with Gasteiger partial charge in [-0.1, -0.05) is 244 Å². The van der Waals surface area contributed by atoms with Gasteiger partial charge in [0.05, 0.1) is 0 Å². The summed E-state index contributed by atoms with van der Waals surface area (Å²) in [6.45, 7) is 6.61. The summed E-state index contributed by atoms with van der Waals surface area (Å²) >= 11 is 0. The molecule has 0 N–H and O–H groups in total. The van der Waals surface area contributed by atoms with Crippen LogP contribution in [-0.4, -0.2) is 37.2 Å². The zero-order chi connectivity index (χ0) is 43.0. The summed E-state index contributed by atoms with van der Waals surface area (Å²) < 4.78 is 16.7. The van der Waals surface area contributed by atoms with Crippen molar-refractivity contribution in [2.75, 3.05) is 13.2 Å². The Labute approximate surface area is 366 Å². The molecule has 6 heteroatoms. The molecule has 0 rings (SSSR count). The predicted molar refractivity (Wildman–Crippen MR) is 252 cm³/mol. The molecule has 0 saturated carbocycles. The van der Waals surface area contributed by atoms with Crippen LogP contribution in [0.15, 0.2) is 24.3 Å². The highest BCUT2D eigenvalue weighted by atomic mass is 16.6. The largest absolute Gasteiger partial charge is 0.462 e. The van der Waals surface area contributed by atoms with Crippen LogP contribution in [0, 0.1) is 0 Å². The molecular weight excluding hydrogens is 733 g/mol. The molecule has 0 amide bonds. The molecule has 0 spiro atoms. The molecule has 1 unspecified atom stereocenters. The van der Waals surface area contributed by atoms with Gasteiger partial charge in [0, 0.05) is 19.3 Å². The molecule has 0 heterocycles. The van der Waals surface area contributed by atoms with Crippen LogP contribution in [0.25, 0.3) is 0 Å². The Bertz CT molecular complexity index is 958. The topological polar surface area (TPSA) is 78.9 Å². The van der Waals surface area contributed by atoms with Crippen molar-refractivity contribution < 1.29 is 28.6 Å². The van der Waals surface area contributed by atoms with E-state index >= 15 is 0 Å². The normalized spacial score (nSPS) is 12.1. The van der Waals surface area contributed by atoms with Crippen molar-refractivity contribution in [2.45, 2.75) is 284 Å². The fraction of sp³-hybridized carbons (Fsp3) is 0.868. The van der Waals surface area contributed by atoms with Gasteiger partial charge >= 0.3 is 17.9 Å². The Morgan fingerprint density at radius 3 is 1.00 bits per heavy atom. The lowest BCUT2D eigenvalue weighted by Crippen LogP contribution is -2.30. The van der Waals surface area contributed by atoms with E-state index in [1.165, 1.54) is 180 Å². The van der Waals surface area contributed by atoms with Crippen LogP contribution in [0.1, 0.15) is 278 Å². The predicted octanol–water partition coefficient (Wildman–Crippen LogP) is 16.8. The van der Waals surface area contributed by atoms with Crippen molar-refractivity contribution in [1.82, 2.24) is 0 Å². The summed E-state index contributed by atoms with van der Waals surface area (Å²) in [7, 11) is 0. The van der Waals surface area contributed by atoms with E-state index in [1.54, 1.807) is 0 Å². The summed E-state index contributed by atoms with van der Waals surface area (Å²) in [5.74, 6) is -0.943. The number of carbonyl (C=O) groups excluding carboxylic acids is 3. The molecular formula is C53H98O6. The van der Waals surface area contributed by atoms with E-state index in [0.29, 0.717) is 19.3 Å². The van der Waals surface area contributed by atoms with E-state index < -0.39 is 6.10 Å². The van der Waals surface area contributed by atoms with E-state index in [1.807, 2.05) is 6.08 Å². The van der Waals surface area contributed by atoms with Gasteiger partial charge in [-0.3, -0.25) is 14.4 Å². The minimum absolute atomic E-state index is 0.0887. The molecule has 0 fully saturated rings. The first-order valence-corrected chi connectivity index (χ1v) is 25.8. The molecule has 0 aliphatic heterocycles. The minimum atomic E-state index is -0.794. The Kier molecular flexibility index (Phi) is 46.8. The molecule has 0 bridgehead atoms. The second kappa shape index (κ2) is 48.6. The van der Waals surface area contributed by atoms with Crippen LogP contribution in [0.3, 0.4) is 0 Å². The van der Waals surface area contributed by atoms with Crippen molar-refractivity contribution in [2.24, 2.45) is 0 Å². The third kappa shape index (κ3) is 46.8. The lowest BCUT2D eigenvalue weighted by molar-refractivity contribution is -0.166. The summed E-state index contributed by atoms with van der Waals surface area (Å²) in [6, 6.07) is 0. The number of hydrogen-bond acceptors (Lipinski definition) is 6. The maximum atomic E-state index is 12.7. The first-order chi connectivity index (χ1) is 29.0. The van der Waals surface area contributed by atoms with E-state index in [4.69, 9.17) is 14.2 Å². The maximum Gasteiger partial charge on any atom is 0.306 e. The number of hydrogen-bond donors (Lipinski definition) is 0. The summed E-state index contributed by atoms with van der Waals surface area (Å²) in [6.07, 6.45) is 54.6. The molecule has 0 radical (unpaired) electrons. The molecule has 0 aromatic carbocycles. The van der Waals surface area contributed by atoms with E-state index in [0.717, 1.165) is 51.4 Å². The molecule has 0 aliphatic carbocycles. The van der Waals surface area contributed by atoms with Crippen LogP contribution in [0.2, 0.25) is 0 Å². The quantitative estimate of drug-likeness (QED) is 0.0263. The zero-order valence-corrected chi connectivity index (χ0v) is 39.5. The highest BCUT2D eigenvalue weighted by Crippen LogP contribution is 2.16. The molecule has 6 nitrogen and oxygen atoms in total. The van der Waals surface area contributed by atoms with Gasteiger partial charge in [0.15, 0.2) is 6.10 Å². The third-order valence-electron chi connectivity index (χ3n) is 11.5. The van der Waals surface area contributed by atoms with Gasteiger partial charge in [-0.15, -0.1) is 0 Å².